The number of nitrogens with zero attached hydrogens (tertiary/aromatic N) is 4. The van der Waals surface area contributed by atoms with E-state index in [2.05, 4.69) is 33.2 Å². The van der Waals surface area contributed by atoms with Crippen molar-refractivity contribution in [1.82, 2.24) is 20.2 Å². The van der Waals surface area contributed by atoms with E-state index in [4.69, 9.17) is 4.74 Å². The molecular formula is C25H37N5O3. The Hall–Kier alpha value is -2.32. The first-order chi connectivity index (χ1) is 16.1. The van der Waals surface area contributed by atoms with Gasteiger partial charge in [-0.2, -0.15) is 0 Å². The molecule has 1 aliphatic carbocycles. The molecule has 3 aliphatic heterocycles. The van der Waals surface area contributed by atoms with Gasteiger partial charge in [-0.3, -0.25) is 15.0 Å². The zero-order valence-corrected chi connectivity index (χ0v) is 19.9. The van der Waals surface area contributed by atoms with Gasteiger partial charge in [-0.1, -0.05) is 12.1 Å². The smallest absolute Gasteiger partial charge is 0.241 e. The second kappa shape index (κ2) is 9.50. The van der Waals surface area contributed by atoms with Crippen molar-refractivity contribution >= 4 is 17.5 Å². The van der Waals surface area contributed by atoms with Crippen LogP contribution in [-0.2, 0) is 9.59 Å². The summed E-state index contributed by atoms with van der Waals surface area (Å²) in [7, 11) is 0. The highest BCUT2D eigenvalue weighted by molar-refractivity contribution is 5.84. The van der Waals surface area contributed by atoms with Crippen LogP contribution in [0.3, 0.4) is 0 Å². The van der Waals surface area contributed by atoms with E-state index in [1.165, 1.54) is 0 Å². The molecule has 4 atom stereocenters. The number of fused-ring (bicyclic) bond motifs is 3. The van der Waals surface area contributed by atoms with Gasteiger partial charge in [0.25, 0.3) is 0 Å². The normalized spacial score (nSPS) is 30.2. The maximum absolute atomic E-state index is 13.5. The number of hydrogen-bond donors (Lipinski definition) is 1. The monoisotopic (exact) mass is 455 g/mol. The van der Waals surface area contributed by atoms with Crippen LogP contribution in [0.4, 0.5) is 5.69 Å². The molecule has 0 bridgehead atoms. The number of nitrogens with one attached hydrogen (secondary N) is 1. The summed E-state index contributed by atoms with van der Waals surface area (Å²) in [6.45, 7) is 9.40. The molecule has 3 heterocycles. The standard InChI is InChI=1S/C25H37N5O3/c1-3-29-22-17-18(9-10-19(22)30-21(25(29)32)11-12-26-30)24(31)28-15-13-27(14-16-28)20-7-5-6-8-23(20)33-4-2/h5-8,18-19,21-22,26H,3-4,9-17H2,1-2H3. The molecule has 1 N–H and O–H groups in total. The Morgan fingerprint density at radius 1 is 1.06 bits per heavy atom. The van der Waals surface area contributed by atoms with Crippen LogP contribution in [0.1, 0.15) is 39.5 Å². The zero-order valence-electron chi connectivity index (χ0n) is 19.9. The summed E-state index contributed by atoms with van der Waals surface area (Å²) >= 11 is 0. The minimum atomic E-state index is -0.0221. The molecular weight excluding hydrogens is 418 g/mol. The minimum absolute atomic E-state index is 0.00881. The molecule has 1 saturated carbocycles. The van der Waals surface area contributed by atoms with Crippen molar-refractivity contribution in [3.63, 3.8) is 0 Å². The summed E-state index contributed by atoms with van der Waals surface area (Å²) in [6, 6.07) is 8.59. The van der Waals surface area contributed by atoms with Crippen LogP contribution in [0, 0.1) is 5.92 Å². The van der Waals surface area contributed by atoms with Crippen molar-refractivity contribution in [3.05, 3.63) is 24.3 Å². The average molecular weight is 456 g/mol. The molecule has 5 rings (SSSR count). The zero-order chi connectivity index (χ0) is 22.9. The summed E-state index contributed by atoms with van der Waals surface area (Å²) < 4.78 is 5.81. The van der Waals surface area contributed by atoms with Crippen LogP contribution in [-0.4, -0.2) is 90.6 Å². The highest BCUT2D eigenvalue weighted by Gasteiger charge is 2.51. The van der Waals surface area contributed by atoms with E-state index in [9.17, 15) is 9.59 Å². The Balaban J connectivity index is 1.22. The Morgan fingerprint density at radius 2 is 1.85 bits per heavy atom. The van der Waals surface area contributed by atoms with Crippen molar-refractivity contribution in [2.75, 3.05) is 50.8 Å². The molecule has 33 heavy (non-hydrogen) atoms. The van der Waals surface area contributed by atoms with Crippen LogP contribution in [0.5, 0.6) is 5.75 Å². The SMILES string of the molecule is CCOc1ccccc1N1CCN(C(=O)C2CCC3C(C2)N(CC)C(=O)C2CCNN23)CC1. The molecule has 8 nitrogen and oxygen atoms in total. The summed E-state index contributed by atoms with van der Waals surface area (Å²) in [6.07, 6.45) is 3.54. The summed E-state index contributed by atoms with van der Waals surface area (Å²) in [5.41, 5.74) is 4.56. The first kappa shape index (κ1) is 22.5. The lowest BCUT2D eigenvalue weighted by molar-refractivity contribution is -0.157. The number of carbonyl (C=O) groups excluding carboxylic acids is 2. The number of hydrazine groups is 1. The van der Waals surface area contributed by atoms with E-state index in [1.807, 2.05) is 30.0 Å². The second-order valence-corrected chi connectivity index (χ2v) is 9.60. The number of hydrogen-bond acceptors (Lipinski definition) is 6. The van der Waals surface area contributed by atoms with E-state index in [-0.39, 0.29) is 29.8 Å². The lowest BCUT2D eigenvalue weighted by Crippen LogP contribution is -2.68. The van der Waals surface area contributed by atoms with Crippen LogP contribution < -0.4 is 15.1 Å². The third kappa shape index (κ3) is 4.08. The van der Waals surface area contributed by atoms with Crippen LogP contribution in [0.25, 0.3) is 0 Å². The topological polar surface area (TPSA) is 68.4 Å². The van der Waals surface area contributed by atoms with E-state index >= 15 is 0 Å². The average Bonchev–Trinajstić information content (AvgIpc) is 3.35. The van der Waals surface area contributed by atoms with Gasteiger partial charge in [0.1, 0.15) is 11.8 Å². The van der Waals surface area contributed by atoms with Gasteiger partial charge in [0.15, 0.2) is 0 Å². The Bertz CT molecular complexity index is 871. The molecule has 4 aliphatic rings. The maximum Gasteiger partial charge on any atom is 0.241 e. The van der Waals surface area contributed by atoms with E-state index in [1.54, 1.807) is 0 Å². The molecule has 0 spiro atoms. The number of carbonyl (C=O) groups is 2. The third-order valence-electron chi connectivity index (χ3n) is 7.94. The molecule has 3 saturated heterocycles. The van der Waals surface area contributed by atoms with E-state index < -0.39 is 0 Å². The van der Waals surface area contributed by atoms with Gasteiger partial charge in [0.05, 0.1) is 12.3 Å². The van der Waals surface area contributed by atoms with Gasteiger partial charge in [0, 0.05) is 57.3 Å². The fourth-order valence-corrected chi connectivity index (χ4v) is 6.35. The van der Waals surface area contributed by atoms with Crippen LogP contribution in [0.15, 0.2) is 24.3 Å². The molecule has 1 aromatic carbocycles. The number of para-hydroxylation sites is 2. The lowest BCUT2D eigenvalue weighted by atomic mass is 9.78. The number of amides is 2. The molecule has 0 aromatic heterocycles. The molecule has 8 heteroatoms. The fourth-order valence-electron chi connectivity index (χ4n) is 6.35. The van der Waals surface area contributed by atoms with Crippen molar-refractivity contribution < 1.29 is 14.3 Å². The second-order valence-electron chi connectivity index (χ2n) is 9.60. The Labute approximate surface area is 196 Å². The Kier molecular flexibility index (Phi) is 6.47. The number of likely N-dealkylation sites (N-methyl/N-ethyl adjacent to an activating group) is 1. The van der Waals surface area contributed by atoms with Crippen molar-refractivity contribution in [3.8, 4) is 5.75 Å². The van der Waals surface area contributed by atoms with Crippen LogP contribution >= 0.6 is 0 Å². The van der Waals surface area contributed by atoms with Gasteiger partial charge in [-0.25, -0.2) is 5.01 Å². The number of ether oxygens (including phenoxy) is 1. The Morgan fingerprint density at radius 3 is 2.61 bits per heavy atom. The van der Waals surface area contributed by atoms with E-state index in [0.29, 0.717) is 12.6 Å². The minimum Gasteiger partial charge on any atom is -0.492 e. The summed E-state index contributed by atoms with van der Waals surface area (Å²) in [4.78, 5) is 33.0. The number of anilines is 1. The molecule has 4 fully saturated rings. The number of benzene rings is 1. The van der Waals surface area contributed by atoms with Crippen molar-refractivity contribution in [2.24, 2.45) is 5.92 Å². The predicted molar refractivity (Wildman–Crippen MR) is 127 cm³/mol. The lowest BCUT2D eigenvalue weighted by Gasteiger charge is -2.52. The number of rotatable bonds is 5. The molecule has 180 valence electrons. The van der Waals surface area contributed by atoms with Gasteiger partial charge in [0.2, 0.25) is 11.8 Å². The number of piperazine rings is 2. The van der Waals surface area contributed by atoms with Crippen molar-refractivity contribution in [1.29, 1.82) is 0 Å². The maximum atomic E-state index is 13.5. The van der Waals surface area contributed by atoms with E-state index in [0.717, 1.165) is 76.4 Å². The van der Waals surface area contributed by atoms with Gasteiger partial charge in [-0.15, -0.1) is 0 Å². The first-order valence-electron chi connectivity index (χ1n) is 12.7. The summed E-state index contributed by atoms with van der Waals surface area (Å²) in [5.74, 6) is 1.42. The third-order valence-corrected chi connectivity index (χ3v) is 7.94. The van der Waals surface area contributed by atoms with Gasteiger partial charge < -0.3 is 19.4 Å². The predicted octanol–water partition coefficient (Wildman–Crippen LogP) is 1.71. The van der Waals surface area contributed by atoms with Crippen molar-refractivity contribution in [2.45, 2.75) is 57.7 Å². The first-order valence-corrected chi connectivity index (χ1v) is 12.7. The highest BCUT2D eigenvalue weighted by atomic mass is 16.5. The quantitative estimate of drug-likeness (QED) is 0.729. The fraction of sp³-hybridized carbons (Fsp3) is 0.680. The van der Waals surface area contributed by atoms with Gasteiger partial charge in [-0.05, 0) is 51.7 Å². The molecule has 2 amide bonds. The van der Waals surface area contributed by atoms with Crippen LogP contribution in [0.2, 0.25) is 0 Å². The van der Waals surface area contributed by atoms with Gasteiger partial charge >= 0.3 is 0 Å². The highest BCUT2D eigenvalue weighted by Crippen LogP contribution is 2.38. The molecule has 0 radical (unpaired) electrons. The molecule has 1 aromatic rings. The largest absolute Gasteiger partial charge is 0.492 e. The summed E-state index contributed by atoms with van der Waals surface area (Å²) in [5, 5.41) is 2.22. The molecule has 4 unspecified atom stereocenters.